The van der Waals surface area contributed by atoms with Gasteiger partial charge in [0.05, 0.1) is 0 Å². The zero-order valence-electron chi connectivity index (χ0n) is 12.5. The zero-order valence-corrected chi connectivity index (χ0v) is 12.5. The zero-order chi connectivity index (χ0) is 13.5. The predicted octanol–water partition coefficient (Wildman–Crippen LogP) is 3.46. The number of anilines is 1. The second kappa shape index (κ2) is 7.42. The molecule has 0 heterocycles. The van der Waals surface area contributed by atoms with E-state index >= 15 is 0 Å². The fraction of sp³-hybridized carbons (Fsp3) is 0.625. The molecule has 1 N–H and O–H groups in total. The van der Waals surface area contributed by atoms with Gasteiger partial charge < -0.3 is 10.2 Å². The molecule has 2 nitrogen and oxygen atoms in total. The minimum absolute atomic E-state index is 0.552. The van der Waals surface area contributed by atoms with Crippen molar-refractivity contribution in [2.24, 2.45) is 5.92 Å². The van der Waals surface area contributed by atoms with E-state index in [2.05, 4.69) is 69.2 Å². The first-order valence-corrected chi connectivity index (χ1v) is 7.05. The number of nitrogens with one attached hydrogen (secondary N) is 1. The molecule has 1 aromatic rings. The lowest BCUT2D eigenvalue weighted by Crippen LogP contribution is -2.43. The Labute approximate surface area is 112 Å². The summed E-state index contributed by atoms with van der Waals surface area (Å²) in [7, 11) is 2.17. The molecule has 0 amide bonds. The molecule has 1 aromatic carbocycles. The van der Waals surface area contributed by atoms with Crippen LogP contribution in [0.4, 0.5) is 5.69 Å². The van der Waals surface area contributed by atoms with Gasteiger partial charge in [-0.25, -0.2) is 0 Å². The van der Waals surface area contributed by atoms with E-state index in [1.54, 1.807) is 0 Å². The maximum absolute atomic E-state index is 3.64. The SMILES string of the molecule is CCCNC(CN(C)c1ccc(C)cc1)C(C)C. The van der Waals surface area contributed by atoms with E-state index in [1.165, 1.54) is 17.7 Å². The average molecular weight is 248 g/mol. The smallest absolute Gasteiger partial charge is 0.0364 e. The second-order valence-electron chi connectivity index (χ2n) is 5.52. The lowest BCUT2D eigenvalue weighted by molar-refractivity contribution is 0.402. The maximum atomic E-state index is 3.64. The van der Waals surface area contributed by atoms with Gasteiger partial charge in [-0.05, 0) is 37.9 Å². The Kier molecular flexibility index (Phi) is 6.20. The van der Waals surface area contributed by atoms with Crippen LogP contribution >= 0.6 is 0 Å². The van der Waals surface area contributed by atoms with E-state index in [0.29, 0.717) is 12.0 Å². The molecule has 1 unspecified atom stereocenters. The van der Waals surface area contributed by atoms with Gasteiger partial charge in [0.2, 0.25) is 0 Å². The molecule has 0 aliphatic rings. The van der Waals surface area contributed by atoms with Crippen molar-refractivity contribution in [3.05, 3.63) is 29.8 Å². The van der Waals surface area contributed by atoms with Crippen LogP contribution in [0.2, 0.25) is 0 Å². The molecule has 18 heavy (non-hydrogen) atoms. The monoisotopic (exact) mass is 248 g/mol. The van der Waals surface area contributed by atoms with Crippen molar-refractivity contribution in [2.75, 3.05) is 25.0 Å². The highest BCUT2D eigenvalue weighted by Gasteiger charge is 2.14. The summed E-state index contributed by atoms with van der Waals surface area (Å²) >= 11 is 0. The third kappa shape index (κ3) is 4.69. The third-order valence-electron chi connectivity index (χ3n) is 3.41. The van der Waals surface area contributed by atoms with E-state index in [9.17, 15) is 0 Å². The van der Waals surface area contributed by atoms with Gasteiger partial charge in [0.25, 0.3) is 0 Å². The predicted molar refractivity (Wildman–Crippen MR) is 81.4 cm³/mol. The number of likely N-dealkylation sites (N-methyl/N-ethyl adjacent to an activating group) is 1. The average Bonchev–Trinajstić information content (AvgIpc) is 2.34. The molecule has 0 saturated carbocycles. The number of hydrogen-bond donors (Lipinski definition) is 1. The standard InChI is InChI=1S/C16H28N2/c1-6-11-17-16(13(2)3)12-18(5)15-9-7-14(4)8-10-15/h7-10,13,16-17H,6,11-12H2,1-5H3. The van der Waals surface area contributed by atoms with Crippen molar-refractivity contribution in [1.29, 1.82) is 0 Å². The molecule has 0 saturated heterocycles. The van der Waals surface area contributed by atoms with Crippen LogP contribution in [0.5, 0.6) is 0 Å². The number of aryl methyl sites for hydroxylation is 1. The van der Waals surface area contributed by atoms with Crippen LogP contribution in [0, 0.1) is 12.8 Å². The molecule has 2 heteroatoms. The summed E-state index contributed by atoms with van der Waals surface area (Å²) in [6.45, 7) is 11.1. The van der Waals surface area contributed by atoms with Crippen molar-refractivity contribution in [2.45, 2.75) is 40.2 Å². The normalized spacial score (nSPS) is 12.8. The molecule has 1 atom stereocenters. The molecule has 0 aliphatic heterocycles. The molecule has 0 fully saturated rings. The Hall–Kier alpha value is -1.02. The van der Waals surface area contributed by atoms with Crippen LogP contribution in [0.15, 0.2) is 24.3 Å². The minimum atomic E-state index is 0.552. The van der Waals surface area contributed by atoms with E-state index in [0.717, 1.165) is 13.1 Å². The molecule has 1 rings (SSSR count). The number of hydrogen-bond acceptors (Lipinski definition) is 2. The minimum Gasteiger partial charge on any atom is -0.373 e. The topological polar surface area (TPSA) is 15.3 Å². The van der Waals surface area contributed by atoms with Gasteiger partial charge in [0, 0.05) is 25.3 Å². The van der Waals surface area contributed by atoms with Crippen LogP contribution in [0.3, 0.4) is 0 Å². The summed E-state index contributed by atoms with van der Waals surface area (Å²) in [6.07, 6.45) is 1.19. The molecule has 0 spiro atoms. The Balaban J connectivity index is 2.59. The first-order chi connectivity index (χ1) is 8.54. The van der Waals surface area contributed by atoms with Gasteiger partial charge in [-0.15, -0.1) is 0 Å². The highest BCUT2D eigenvalue weighted by Crippen LogP contribution is 2.15. The van der Waals surface area contributed by atoms with Gasteiger partial charge in [-0.3, -0.25) is 0 Å². The second-order valence-corrected chi connectivity index (χ2v) is 5.52. The summed E-state index contributed by atoms with van der Waals surface area (Å²) in [5.74, 6) is 0.657. The van der Waals surface area contributed by atoms with Gasteiger partial charge in [-0.2, -0.15) is 0 Å². The quantitative estimate of drug-likeness (QED) is 0.795. The largest absolute Gasteiger partial charge is 0.373 e. The molecule has 102 valence electrons. The van der Waals surface area contributed by atoms with Crippen molar-refractivity contribution in [1.82, 2.24) is 5.32 Å². The summed E-state index contributed by atoms with van der Waals surface area (Å²) in [5.41, 5.74) is 2.61. The van der Waals surface area contributed by atoms with Crippen LogP contribution in [-0.4, -0.2) is 26.2 Å². The fourth-order valence-corrected chi connectivity index (χ4v) is 2.04. The molecule has 0 radical (unpaired) electrons. The third-order valence-corrected chi connectivity index (χ3v) is 3.41. The number of benzene rings is 1. The van der Waals surface area contributed by atoms with Crippen molar-refractivity contribution in [3.8, 4) is 0 Å². The van der Waals surface area contributed by atoms with Gasteiger partial charge in [0.15, 0.2) is 0 Å². The Morgan fingerprint density at radius 3 is 2.28 bits per heavy atom. The Morgan fingerprint density at radius 1 is 1.17 bits per heavy atom. The van der Waals surface area contributed by atoms with Gasteiger partial charge >= 0.3 is 0 Å². The van der Waals surface area contributed by atoms with Crippen molar-refractivity contribution in [3.63, 3.8) is 0 Å². The summed E-state index contributed by atoms with van der Waals surface area (Å²) in [6, 6.07) is 9.31. The lowest BCUT2D eigenvalue weighted by Gasteiger charge is -2.29. The molecule has 0 aliphatic carbocycles. The van der Waals surface area contributed by atoms with Crippen molar-refractivity contribution < 1.29 is 0 Å². The van der Waals surface area contributed by atoms with E-state index in [-0.39, 0.29) is 0 Å². The van der Waals surface area contributed by atoms with Crippen LogP contribution in [0.25, 0.3) is 0 Å². The Morgan fingerprint density at radius 2 is 1.78 bits per heavy atom. The summed E-state index contributed by atoms with van der Waals surface area (Å²) in [5, 5.41) is 3.64. The number of nitrogens with zero attached hydrogens (tertiary/aromatic N) is 1. The van der Waals surface area contributed by atoms with E-state index < -0.39 is 0 Å². The summed E-state index contributed by atoms with van der Waals surface area (Å²) in [4.78, 5) is 2.34. The first kappa shape index (κ1) is 15.0. The molecular formula is C16H28N2. The van der Waals surface area contributed by atoms with Crippen molar-refractivity contribution >= 4 is 5.69 Å². The van der Waals surface area contributed by atoms with E-state index in [4.69, 9.17) is 0 Å². The summed E-state index contributed by atoms with van der Waals surface area (Å²) < 4.78 is 0. The lowest BCUT2D eigenvalue weighted by atomic mass is 10.0. The molecule has 0 aromatic heterocycles. The number of rotatable bonds is 7. The van der Waals surface area contributed by atoms with Crippen LogP contribution in [-0.2, 0) is 0 Å². The Bertz CT molecular complexity index is 329. The first-order valence-electron chi connectivity index (χ1n) is 7.05. The molecule has 0 bridgehead atoms. The van der Waals surface area contributed by atoms with E-state index in [1.807, 2.05) is 0 Å². The highest BCUT2D eigenvalue weighted by molar-refractivity contribution is 5.46. The molecular weight excluding hydrogens is 220 g/mol. The van der Waals surface area contributed by atoms with Crippen LogP contribution < -0.4 is 10.2 Å². The fourth-order valence-electron chi connectivity index (χ4n) is 2.04. The van der Waals surface area contributed by atoms with Crippen LogP contribution in [0.1, 0.15) is 32.8 Å². The maximum Gasteiger partial charge on any atom is 0.0364 e. The highest BCUT2D eigenvalue weighted by atomic mass is 15.1. The van der Waals surface area contributed by atoms with Gasteiger partial charge in [-0.1, -0.05) is 38.5 Å². The van der Waals surface area contributed by atoms with Gasteiger partial charge in [0.1, 0.15) is 0 Å².